The molecule has 1 nitrogen and oxygen atoms in total. The van der Waals surface area contributed by atoms with E-state index >= 15 is 0 Å². The second-order valence-electron chi connectivity index (χ2n) is 3.45. The van der Waals surface area contributed by atoms with Crippen molar-refractivity contribution >= 4 is 11.6 Å². The Bertz CT molecular complexity index is 194. The van der Waals surface area contributed by atoms with Gasteiger partial charge in [-0.2, -0.15) is 0 Å². The molecule has 0 radical (unpaired) electrons. The van der Waals surface area contributed by atoms with Crippen LogP contribution in [0.5, 0.6) is 0 Å². The lowest BCUT2D eigenvalue weighted by Crippen LogP contribution is -2.14. The van der Waals surface area contributed by atoms with E-state index in [1.54, 1.807) is 0 Å². The monoisotopic (exact) mass is 185 g/mol. The Morgan fingerprint density at radius 3 is 2.92 bits per heavy atom. The molecule has 0 saturated heterocycles. The zero-order valence-electron chi connectivity index (χ0n) is 7.76. The Labute approximate surface area is 79.7 Å². The van der Waals surface area contributed by atoms with E-state index in [2.05, 4.69) is 37.2 Å². The molecule has 12 heavy (non-hydrogen) atoms. The first-order chi connectivity index (χ1) is 5.68. The summed E-state index contributed by atoms with van der Waals surface area (Å²) < 4.78 is 0. The fourth-order valence-electron chi connectivity index (χ4n) is 1.22. The number of nitrogens with zero attached hydrogens (tertiary/aromatic N) is 1. The van der Waals surface area contributed by atoms with Gasteiger partial charge in [-0.1, -0.05) is 18.2 Å². The Morgan fingerprint density at radius 1 is 1.58 bits per heavy atom. The Kier molecular flexibility index (Phi) is 3.83. The third kappa shape index (κ3) is 3.42. The van der Waals surface area contributed by atoms with E-state index in [1.165, 1.54) is 5.57 Å². The SMILES string of the molecule is CN(C)CCC1=CC(Cl)CC=C1. The summed E-state index contributed by atoms with van der Waals surface area (Å²) in [5, 5.41) is 0.215. The van der Waals surface area contributed by atoms with Crippen LogP contribution < -0.4 is 0 Å². The molecule has 68 valence electrons. The van der Waals surface area contributed by atoms with E-state index in [0.717, 1.165) is 19.4 Å². The fraction of sp³-hybridized carbons (Fsp3) is 0.600. The fourth-order valence-corrected chi connectivity index (χ4v) is 1.49. The first kappa shape index (κ1) is 9.82. The second kappa shape index (κ2) is 4.68. The van der Waals surface area contributed by atoms with Crippen LogP contribution in [0.1, 0.15) is 12.8 Å². The van der Waals surface area contributed by atoms with Gasteiger partial charge in [0.1, 0.15) is 0 Å². The molecule has 0 aromatic carbocycles. The average Bonchev–Trinajstić information content (AvgIpc) is 2.01. The van der Waals surface area contributed by atoms with Gasteiger partial charge in [0.2, 0.25) is 0 Å². The van der Waals surface area contributed by atoms with Crippen molar-refractivity contribution in [3.8, 4) is 0 Å². The van der Waals surface area contributed by atoms with Crippen LogP contribution in [-0.2, 0) is 0 Å². The topological polar surface area (TPSA) is 3.24 Å². The van der Waals surface area contributed by atoms with E-state index in [-0.39, 0.29) is 5.38 Å². The van der Waals surface area contributed by atoms with Crippen molar-refractivity contribution in [2.45, 2.75) is 18.2 Å². The first-order valence-electron chi connectivity index (χ1n) is 4.34. The van der Waals surface area contributed by atoms with Crippen molar-refractivity contribution in [3.05, 3.63) is 23.8 Å². The minimum atomic E-state index is 0.215. The van der Waals surface area contributed by atoms with Gasteiger partial charge in [0.05, 0.1) is 5.38 Å². The molecule has 1 aliphatic carbocycles. The number of allylic oxidation sites excluding steroid dienone is 3. The lowest BCUT2D eigenvalue weighted by Gasteiger charge is -2.13. The van der Waals surface area contributed by atoms with Crippen LogP contribution in [0, 0.1) is 0 Å². The predicted octanol–water partition coefficient (Wildman–Crippen LogP) is 2.43. The lowest BCUT2D eigenvalue weighted by atomic mass is 10.0. The molecule has 0 spiro atoms. The van der Waals surface area contributed by atoms with Gasteiger partial charge in [0.15, 0.2) is 0 Å². The highest BCUT2D eigenvalue weighted by Crippen LogP contribution is 2.17. The summed E-state index contributed by atoms with van der Waals surface area (Å²) >= 11 is 5.99. The maximum Gasteiger partial charge on any atom is 0.0556 e. The van der Waals surface area contributed by atoms with Gasteiger partial charge in [-0.15, -0.1) is 11.6 Å². The molecule has 0 amide bonds. The number of rotatable bonds is 3. The molecule has 1 aliphatic rings. The van der Waals surface area contributed by atoms with Crippen LogP contribution in [0.2, 0.25) is 0 Å². The van der Waals surface area contributed by atoms with Gasteiger partial charge in [-0.3, -0.25) is 0 Å². The highest BCUT2D eigenvalue weighted by Gasteiger charge is 2.05. The lowest BCUT2D eigenvalue weighted by molar-refractivity contribution is 0.414. The van der Waals surface area contributed by atoms with Gasteiger partial charge in [-0.05, 0) is 32.5 Å². The number of halogens is 1. The van der Waals surface area contributed by atoms with E-state index in [4.69, 9.17) is 11.6 Å². The smallest absolute Gasteiger partial charge is 0.0556 e. The number of hydrogen-bond acceptors (Lipinski definition) is 1. The quantitative estimate of drug-likeness (QED) is 0.611. The van der Waals surface area contributed by atoms with Gasteiger partial charge >= 0.3 is 0 Å². The van der Waals surface area contributed by atoms with Crippen LogP contribution in [0.15, 0.2) is 23.8 Å². The van der Waals surface area contributed by atoms with E-state index in [1.807, 2.05) is 0 Å². The molecule has 0 heterocycles. The maximum atomic E-state index is 5.99. The second-order valence-corrected chi connectivity index (χ2v) is 4.01. The van der Waals surface area contributed by atoms with Crippen molar-refractivity contribution in [2.75, 3.05) is 20.6 Å². The van der Waals surface area contributed by atoms with Crippen LogP contribution in [-0.4, -0.2) is 30.9 Å². The average molecular weight is 186 g/mol. The molecular weight excluding hydrogens is 170 g/mol. The van der Waals surface area contributed by atoms with Gasteiger partial charge < -0.3 is 4.90 Å². The standard InChI is InChI=1S/C10H16ClN/c1-12(2)7-6-9-4-3-5-10(11)8-9/h3-4,8,10H,5-7H2,1-2H3. The molecule has 1 atom stereocenters. The Morgan fingerprint density at radius 2 is 2.33 bits per heavy atom. The largest absolute Gasteiger partial charge is 0.309 e. The molecule has 2 heteroatoms. The minimum Gasteiger partial charge on any atom is -0.309 e. The molecule has 1 rings (SSSR count). The zero-order valence-corrected chi connectivity index (χ0v) is 8.51. The third-order valence-electron chi connectivity index (χ3n) is 1.94. The van der Waals surface area contributed by atoms with Gasteiger partial charge in [0.25, 0.3) is 0 Å². The van der Waals surface area contributed by atoms with Crippen LogP contribution in [0.4, 0.5) is 0 Å². The summed E-state index contributed by atoms with van der Waals surface area (Å²) in [5.41, 5.74) is 1.37. The molecule has 0 fully saturated rings. The molecule has 0 aromatic rings. The van der Waals surface area contributed by atoms with E-state index in [9.17, 15) is 0 Å². The van der Waals surface area contributed by atoms with Gasteiger partial charge in [-0.25, -0.2) is 0 Å². The number of hydrogen-bond donors (Lipinski definition) is 0. The molecular formula is C10H16ClN. The highest BCUT2D eigenvalue weighted by atomic mass is 35.5. The molecule has 0 aromatic heterocycles. The van der Waals surface area contributed by atoms with Crippen molar-refractivity contribution in [2.24, 2.45) is 0 Å². The van der Waals surface area contributed by atoms with Crippen molar-refractivity contribution in [3.63, 3.8) is 0 Å². The van der Waals surface area contributed by atoms with Crippen molar-refractivity contribution < 1.29 is 0 Å². The Balaban J connectivity index is 2.36. The molecule has 0 aliphatic heterocycles. The van der Waals surface area contributed by atoms with Crippen LogP contribution in [0.3, 0.4) is 0 Å². The van der Waals surface area contributed by atoms with E-state index in [0.29, 0.717) is 0 Å². The minimum absolute atomic E-state index is 0.215. The third-order valence-corrected chi connectivity index (χ3v) is 2.24. The van der Waals surface area contributed by atoms with Crippen LogP contribution >= 0.6 is 11.6 Å². The number of alkyl halides is 1. The van der Waals surface area contributed by atoms with Gasteiger partial charge in [0, 0.05) is 6.54 Å². The Hall–Kier alpha value is -0.270. The first-order valence-corrected chi connectivity index (χ1v) is 4.78. The summed E-state index contributed by atoms with van der Waals surface area (Å²) in [7, 11) is 4.18. The molecule has 1 unspecified atom stereocenters. The zero-order chi connectivity index (χ0) is 8.97. The van der Waals surface area contributed by atoms with Crippen LogP contribution in [0.25, 0.3) is 0 Å². The summed E-state index contributed by atoms with van der Waals surface area (Å²) in [5.74, 6) is 0. The van der Waals surface area contributed by atoms with E-state index < -0.39 is 0 Å². The summed E-state index contributed by atoms with van der Waals surface area (Å²) in [4.78, 5) is 2.19. The normalized spacial score (nSPS) is 23.0. The van der Waals surface area contributed by atoms with Crippen molar-refractivity contribution in [1.82, 2.24) is 4.90 Å². The summed E-state index contributed by atoms with van der Waals surface area (Å²) in [6, 6.07) is 0. The van der Waals surface area contributed by atoms with Crippen molar-refractivity contribution in [1.29, 1.82) is 0 Å². The molecule has 0 bridgehead atoms. The summed E-state index contributed by atoms with van der Waals surface area (Å²) in [6.07, 6.45) is 8.58. The molecule has 0 saturated carbocycles. The maximum absolute atomic E-state index is 5.99. The molecule has 0 N–H and O–H groups in total. The summed E-state index contributed by atoms with van der Waals surface area (Å²) in [6.45, 7) is 1.10. The predicted molar refractivity (Wildman–Crippen MR) is 54.7 cm³/mol. The highest BCUT2D eigenvalue weighted by molar-refractivity contribution is 6.22.